The fourth-order valence-corrected chi connectivity index (χ4v) is 5.16. The first-order chi connectivity index (χ1) is 8.81. The van der Waals surface area contributed by atoms with Gasteiger partial charge in [-0.2, -0.15) is 0 Å². The number of rotatable bonds is 1. The molecule has 0 radical (unpaired) electrons. The van der Waals surface area contributed by atoms with Gasteiger partial charge in [0, 0.05) is 24.0 Å². The zero-order valence-corrected chi connectivity index (χ0v) is 11.6. The molecule has 2 fully saturated rings. The Morgan fingerprint density at radius 3 is 2.61 bits per heavy atom. The molecule has 3 unspecified atom stereocenters. The van der Waals surface area contributed by atoms with Gasteiger partial charge in [-0.25, -0.2) is 4.98 Å². The minimum atomic E-state index is 0.195. The first-order valence-electron chi connectivity index (χ1n) is 7.31. The lowest BCUT2D eigenvalue weighted by Crippen LogP contribution is -2.21. The summed E-state index contributed by atoms with van der Waals surface area (Å²) in [5.74, 6) is 1.89. The Morgan fingerprint density at radius 1 is 1.11 bits per heavy atom. The smallest absolute Gasteiger partial charge is 0.185 e. The lowest BCUT2D eigenvalue weighted by atomic mass is 9.99. The molecule has 0 bridgehead atoms. The fraction of sp³-hybridized carbons (Fsp3) is 0.786. The van der Waals surface area contributed by atoms with Crippen molar-refractivity contribution in [3.8, 4) is 0 Å². The van der Waals surface area contributed by atoms with Crippen molar-refractivity contribution in [1.82, 2.24) is 4.98 Å². The molecule has 1 aliphatic heterocycles. The van der Waals surface area contributed by atoms with Crippen molar-refractivity contribution in [3.05, 3.63) is 10.6 Å². The van der Waals surface area contributed by atoms with Crippen LogP contribution < -0.4 is 10.6 Å². The highest BCUT2D eigenvalue weighted by molar-refractivity contribution is 7.15. The molecule has 98 valence electrons. The molecule has 18 heavy (non-hydrogen) atoms. The normalized spacial score (nSPS) is 34.7. The molecular weight excluding hydrogens is 242 g/mol. The lowest BCUT2D eigenvalue weighted by molar-refractivity contribution is 0.494. The predicted molar refractivity (Wildman–Crippen MR) is 75.0 cm³/mol. The van der Waals surface area contributed by atoms with Crippen LogP contribution in [0.15, 0.2) is 0 Å². The van der Waals surface area contributed by atoms with Crippen LogP contribution in [0.1, 0.15) is 48.7 Å². The van der Waals surface area contributed by atoms with Crippen molar-refractivity contribution < 1.29 is 0 Å². The van der Waals surface area contributed by atoms with Crippen LogP contribution in [0.5, 0.6) is 0 Å². The van der Waals surface area contributed by atoms with Crippen LogP contribution in [0.2, 0.25) is 0 Å². The van der Waals surface area contributed by atoms with E-state index in [9.17, 15) is 0 Å². The number of aromatic nitrogens is 1. The van der Waals surface area contributed by atoms with Gasteiger partial charge in [0.1, 0.15) is 0 Å². The van der Waals surface area contributed by atoms with E-state index in [2.05, 4.69) is 4.90 Å². The largest absolute Gasteiger partial charge is 0.348 e. The van der Waals surface area contributed by atoms with E-state index in [4.69, 9.17) is 10.7 Å². The van der Waals surface area contributed by atoms with Gasteiger partial charge in [-0.3, -0.25) is 0 Å². The molecule has 2 N–H and O–H groups in total. The molecule has 0 spiro atoms. The standard InChI is InChI=1S/C14H21N3S/c15-11-5-2-6-12-13(11)16-14(18-12)17-7-9-3-1-4-10(9)8-17/h9-11H,1-8,15H2. The Labute approximate surface area is 112 Å². The first-order valence-corrected chi connectivity index (χ1v) is 8.13. The molecule has 4 rings (SSSR count). The summed E-state index contributed by atoms with van der Waals surface area (Å²) < 4.78 is 0. The van der Waals surface area contributed by atoms with E-state index in [0.29, 0.717) is 0 Å². The second-order valence-electron chi connectivity index (χ2n) is 6.16. The Morgan fingerprint density at radius 2 is 1.89 bits per heavy atom. The van der Waals surface area contributed by atoms with Crippen molar-refractivity contribution in [2.75, 3.05) is 18.0 Å². The third-order valence-corrected chi connectivity index (χ3v) is 6.17. The van der Waals surface area contributed by atoms with Crippen LogP contribution in [0.4, 0.5) is 5.13 Å². The minimum Gasteiger partial charge on any atom is -0.348 e. The molecule has 1 saturated heterocycles. The van der Waals surface area contributed by atoms with Crippen molar-refractivity contribution in [1.29, 1.82) is 0 Å². The van der Waals surface area contributed by atoms with Crippen molar-refractivity contribution >= 4 is 16.5 Å². The number of nitrogens with zero attached hydrogens (tertiary/aromatic N) is 2. The van der Waals surface area contributed by atoms with E-state index in [-0.39, 0.29) is 6.04 Å². The van der Waals surface area contributed by atoms with Crippen LogP contribution in [-0.2, 0) is 6.42 Å². The van der Waals surface area contributed by atoms with E-state index in [1.54, 1.807) is 0 Å². The fourth-order valence-electron chi connectivity index (χ4n) is 3.97. The molecule has 3 aliphatic rings. The minimum absolute atomic E-state index is 0.195. The number of aryl methyl sites for hydroxylation is 1. The van der Waals surface area contributed by atoms with Crippen LogP contribution >= 0.6 is 11.3 Å². The summed E-state index contributed by atoms with van der Waals surface area (Å²) >= 11 is 1.91. The number of nitrogens with two attached hydrogens (primary N) is 1. The molecule has 4 heteroatoms. The second kappa shape index (κ2) is 4.20. The molecule has 0 amide bonds. The average Bonchev–Trinajstić information content (AvgIpc) is 3.01. The Kier molecular flexibility index (Phi) is 2.62. The summed E-state index contributed by atoms with van der Waals surface area (Å²) in [6, 6.07) is 0.195. The van der Waals surface area contributed by atoms with Crippen LogP contribution in [0.3, 0.4) is 0 Å². The lowest BCUT2D eigenvalue weighted by Gasteiger charge is -2.16. The third-order valence-electron chi connectivity index (χ3n) is 4.98. The molecule has 3 atom stereocenters. The number of fused-ring (bicyclic) bond motifs is 2. The molecule has 2 aliphatic carbocycles. The maximum Gasteiger partial charge on any atom is 0.185 e. The maximum absolute atomic E-state index is 6.18. The molecule has 1 aromatic heterocycles. The van der Waals surface area contributed by atoms with Crippen molar-refractivity contribution in [2.45, 2.75) is 44.6 Å². The summed E-state index contributed by atoms with van der Waals surface area (Å²) in [5, 5.41) is 1.26. The maximum atomic E-state index is 6.18. The van der Waals surface area contributed by atoms with Gasteiger partial charge in [0.25, 0.3) is 0 Å². The Balaban J connectivity index is 1.59. The van der Waals surface area contributed by atoms with Crippen molar-refractivity contribution in [3.63, 3.8) is 0 Å². The average molecular weight is 263 g/mol. The van der Waals surface area contributed by atoms with E-state index in [1.165, 1.54) is 60.9 Å². The number of anilines is 1. The van der Waals surface area contributed by atoms with Gasteiger partial charge >= 0.3 is 0 Å². The summed E-state index contributed by atoms with van der Waals surface area (Å²) in [6.45, 7) is 2.48. The third kappa shape index (κ3) is 1.69. The molecule has 2 heterocycles. The molecule has 3 nitrogen and oxygen atoms in total. The second-order valence-corrected chi connectivity index (χ2v) is 7.22. The Bertz CT molecular complexity index is 444. The molecule has 1 aromatic rings. The predicted octanol–water partition coefficient (Wildman–Crippen LogP) is 2.72. The van der Waals surface area contributed by atoms with E-state index < -0.39 is 0 Å². The van der Waals surface area contributed by atoms with Gasteiger partial charge in [0.15, 0.2) is 5.13 Å². The van der Waals surface area contributed by atoms with E-state index in [1.807, 2.05) is 11.3 Å². The van der Waals surface area contributed by atoms with Crippen LogP contribution in [0, 0.1) is 11.8 Å². The molecular formula is C14H21N3S. The molecule has 0 aromatic carbocycles. The SMILES string of the molecule is NC1CCCc2sc(N3CC4CCCC4C3)nc21. The van der Waals surface area contributed by atoms with Gasteiger partial charge in [0.05, 0.1) is 5.69 Å². The first kappa shape index (κ1) is 11.2. The zero-order valence-electron chi connectivity index (χ0n) is 10.8. The quantitative estimate of drug-likeness (QED) is 0.847. The van der Waals surface area contributed by atoms with Crippen LogP contribution in [0.25, 0.3) is 0 Å². The number of thiazole rings is 1. The van der Waals surface area contributed by atoms with E-state index in [0.717, 1.165) is 18.3 Å². The van der Waals surface area contributed by atoms with Gasteiger partial charge in [0.2, 0.25) is 0 Å². The summed E-state index contributed by atoms with van der Waals surface area (Å²) in [4.78, 5) is 8.85. The van der Waals surface area contributed by atoms with Gasteiger partial charge in [-0.1, -0.05) is 6.42 Å². The highest BCUT2D eigenvalue weighted by atomic mass is 32.1. The monoisotopic (exact) mass is 263 g/mol. The van der Waals surface area contributed by atoms with Gasteiger partial charge in [-0.15, -0.1) is 11.3 Å². The Hall–Kier alpha value is -0.610. The topological polar surface area (TPSA) is 42.1 Å². The molecule has 1 saturated carbocycles. The van der Waals surface area contributed by atoms with Gasteiger partial charge < -0.3 is 10.6 Å². The highest BCUT2D eigenvalue weighted by Gasteiger charge is 2.37. The van der Waals surface area contributed by atoms with Crippen molar-refractivity contribution in [2.24, 2.45) is 17.6 Å². The summed E-state index contributed by atoms with van der Waals surface area (Å²) in [6.07, 6.45) is 7.86. The number of hydrogen-bond donors (Lipinski definition) is 1. The van der Waals surface area contributed by atoms with Crippen LogP contribution in [-0.4, -0.2) is 18.1 Å². The summed E-state index contributed by atoms with van der Waals surface area (Å²) in [5.41, 5.74) is 7.38. The van der Waals surface area contributed by atoms with E-state index >= 15 is 0 Å². The highest BCUT2D eigenvalue weighted by Crippen LogP contribution is 2.42. The summed E-state index contributed by atoms with van der Waals surface area (Å²) in [7, 11) is 0. The zero-order chi connectivity index (χ0) is 12.1. The van der Waals surface area contributed by atoms with Gasteiger partial charge in [-0.05, 0) is 43.9 Å². The number of hydrogen-bond acceptors (Lipinski definition) is 4.